The van der Waals surface area contributed by atoms with Crippen molar-refractivity contribution in [1.82, 2.24) is 16.0 Å². The van der Waals surface area contributed by atoms with E-state index in [1.165, 1.54) is 6.92 Å². The lowest BCUT2D eigenvalue weighted by Gasteiger charge is -2.27. The van der Waals surface area contributed by atoms with Gasteiger partial charge in [0.05, 0.1) is 18.6 Å². The number of hydrogen-bond acceptors (Lipinski definition) is 8. The van der Waals surface area contributed by atoms with Gasteiger partial charge in [-0.05, 0) is 38.6 Å². The van der Waals surface area contributed by atoms with Gasteiger partial charge in [-0.3, -0.25) is 19.2 Å². The molecule has 10 N–H and O–H groups in total. The Morgan fingerprint density at radius 1 is 0.844 bits per heavy atom. The second-order valence-corrected chi connectivity index (χ2v) is 7.84. The molecule has 5 atom stereocenters. The number of nitrogens with two attached hydrogens (primary N) is 2. The van der Waals surface area contributed by atoms with Crippen LogP contribution in [0, 0.1) is 5.92 Å². The molecule has 13 nitrogen and oxygen atoms in total. The first-order valence-corrected chi connectivity index (χ1v) is 10.3. The summed E-state index contributed by atoms with van der Waals surface area (Å²) in [5.74, 6) is -5.69. The number of aliphatic carboxylic acids is 2. The number of aliphatic hydroxyl groups is 1. The minimum Gasteiger partial charge on any atom is -0.481 e. The number of hydrogen-bond donors (Lipinski definition) is 8. The Kier molecular flexibility index (Phi) is 13.1. The van der Waals surface area contributed by atoms with Crippen LogP contribution in [0.4, 0.5) is 0 Å². The number of carbonyl (C=O) groups is 5. The Hall–Kier alpha value is -2.77. The van der Waals surface area contributed by atoms with Crippen molar-refractivity contribution in [2.75, 3.05) is 6.54 Å². The Morgan fingerprint density at radius 3 is 1.84 bits per heavy atom. The lowest BCUT2D eigenvalue weighted by molar-refractivity contribution is -0.147. The molecule has 0 aromatic carbocycles. The summed E-state index contributed by atoms with van der Waals surface area (Å²) in [6.07, 6.45) is -1.21. The SMILES string of the molecule is CC(C)C(N)C(=O)NC(C(=O)NC(CCCCN)C(=O)NC(CC(=O)O)C(=O)O)C(C)O. The highest BCUT2D eigenvalue weighted by Crippen LogP contribution is 2.06. The first kappa shape index (κ1) is 29.2. The molecular weight excluding hydrogens is 426 g/mol. The van der Waals surface area contributed by atoms with E-state index < -0.39 is 66.4 Å². The van der Waals surface area contributed by atoms with E-state index in [0.717, 1.165) is 0 Å². The Morgan fingerprint density at radius 2 is 1.41 bits per heavy atom. The van der Waals surface area contributed by atoms with Gasteiger partial charge >= 0.3 is 11.9 Å². The van der Waals surface area contributed by atoms with E-state index >= 15 is 0 Å². The minimum atomic E-state index is -1.70. The normalized spacial score (nSPS) is 15.7. The zero-order chi connectivity index (χ0) is 25.0. The molecule has 0 aliphatic heterocycles. The molecule has 0 aromatic rings. The minimum absolute atomic E-state index is 0.0696. The number of unbranched alkanes of at least 4 members (excludes halogenated alkanes) is 1. The number of carbonyl (C=O) groups excluding carboxylic acids is 3. The van der Waals surface area contributed by atoms with Gasteiger partial charge in [-0.2, -0.15) is 0 Å². The molecule has 32 heavy (non-hydrogen) atoms. The molecule has 0 fully saturated rings. The molecule has 0 heterocycles. The first-order chi connectivity index (χ1) is 14.8. The third-order valence-corrected chi connectivity index (χ3v) is 4.66. The maximum atomic E-state index is 12.7. The molecule has 0 bridgehead atoms. The molecule has 0 radical (unpaired) electrons. The van der Waals surface area contributed by atoms with Crippen LogP contribution in [0.1, 0.15) is 46.5 Å². The number of rotatable bonds is 15. The molecule has 0 aliphatic carbocycles. The van der Waals surface area contributed by atoms with Crippen LogP contribution in [-0.2, 0) is 24.0 Å². The first-order valence-electron chi connectivity index (χ1n) is 10.3. The van der Waals surface area contributed by atoms with E-state index in [0.29, 0.717) is 19.4 Å². The van der Waals surface area contributed by atoms with E-state index in [4.69, 9.17) is 21.7 Å². The van der Waals surface area contributed by atoms with Crippen LogP contribution in [0.15, 0.2) is 0 Å². The van der Waals surface area contributed by atoms with Crippen LogP contribution < -0.4 is 27.4 Å². The van der Waals surface area contributed by atoms with Crippen LogP contribution in [0.5, 0.6) is 0 Å². The maximum absolute atomic E-state index is 12.7. The van der Waals surface area contributed by atoms with Crippen LogP contribution in [0.3, 0.4) is 0 Å². The third-order valence-electron chi connectivity index (χ3n) is 4.66. The molecule has 0 aliphatic rings. The van der Waals surface area contributed by atoms with Crippen molar-refractivity contribution >= 4 is 29.7 Å². The predicted molar refractivity (Wildman–Crippen MR) is 113 cm³/mol. The standard InChI is InChI=1S/C19H35N5O8/c1-9(2)14(21)17(29)24-15(10(3)25)18(30)22-11(6-4-5-7-20)16(28)23-12(19(31)32)8-13(26)27/h9-12,14-15,25H,4-8,20-21H2,1-3H3,(H,22,30)(H,23,28)(H,24,29)(H,26,27)(H,31,32). The molecule has 3 amide bonds. The average Bonchev–Trinajstić information content (AvgIpc) is 2.68. The molecule has 0 rings (SSSR count). The van der Waals surface area contributed by atoms with E-state index in [9.17, 15) is 29.1 Å². The molecule has 0 saturated heterocycles. The number of carboxylic acid groups (broad SMARTS) is 2. The Bertz CT molecular complexity index is 670. The number of aliphatic hydroxyl groups excluding tert-OH is 1. The fourth-order valence-corrected chi connectivity index (χ4v) is 2.63. The van der Waals surface area contributed by atoms with Gasteiger partial charge in [-0.1, -0.05) is 13.8 Å². The molecular formula is C19H35N5O8. The number of amides is 3. The van der Waals surface area contributed by atoms with Crippen molar-refractivity contribution in [2.45, 2.75) is 76.7 Å². The van der Waals surface area contributed by atoms with Crippen molar-refractivity contribution in [3.05, 3.63) is 0 Å². The summed E-state index contributed by atoms with van der Waals surface area (Å²) in [5, 5.41) is 34.7. The van der Waals surface area contributed by atoms with E-state index in [1.807, 2.05) is 0 Å². The smallest absolute Gasteiger partial charge is 0.326 e. The lowest BCUT2D eigenvalue weighted by Crippen LogP contribution is -2.60. The van der Waals surface area contributed by atoms with Crippen LogP contribution in [-0.4, -0.2) is 81.8 Å². The molecule has 184 valence electrons. The van der Waals surface area contributed by atoms with Gasteiger partial charge in [0.25, 0.3) is 0 Å². The van der Waals surface area contributed by atoms with Gasteiger partial charge in [0.1, 0.15) is 18.1 Å². The summed E-state index contributed by atoms with van der Waals surface area (Å²) in [7, 11) is 0. The highest BCUT2D eigenvalue weighted by atomic mass is 16.4. The molecule has 13 heteroatoms. The summed E-state index contributed by atoms with van der Waals surface area (Å²) in [6, 6.07) is -5.31. The lowest BCUT2D eigenvalue weighted by atomic mass is 10.0. The zero-order valence-electron chi connectivity index (χ0n) is 18.5. The summed E-state index contributed by atoms with van der Waals surface area (Å²) in [5.41, 5.74) is 11.2. The van der Waals surface area contributed by atoms with Crippen molar-refractivity contribution in [3.63, 3.8) is 0 Å². The van der Waals surface area contributed by atoms with Crippen molar-refractivity contribution < 1.29 is 39.3 Å². The maximum Gasteiger partial charge on any atom is 0.326 e. The average molecular weight is 462 g/mol. The highest BCUT2D eigenvalue weighted by Gasteiger charge is 2.33. The highest BCUT2D eigenvalue weighted by molar-refractivity contribution is 5.94. The van der Waals surface area contributed by atoms with Gasteiger partial charge in [0, 0.05) is 0 Å². The topological polar surface area (TPSA) is 234 Å². The quantitative estimate of drug-likeness (QED) is 0.119. The number of nitrogens with one attached hydrogen (secondary N) is 3. The van der Waals surface area contributed by atoms with E-state index in [2.05, 4.69) is 16.0 Å². The summed E-state index contributed by atoms with van der Waals surface area (Å²) >= 11 is 0. The van der Waals surface area contributed by atoms with Crippen molar-refractivity contribution in [3.8, 4) is 0 Å². The van der Waals surface area contributed by atoms with Crippen molar-refractivity contribution in [2.24, 2.45) is 17.4 Å². The van der Waals surface area contributed by atoms with Crippen LogP contribution in [0.25, 0.3) is 0 Å². The van der Waals surface area contributed by atoms with Crippen LogP contribution >= 0.6 is 0 Å². The van der Waals surface area contributed by atoms with Gasteiger partial charge < -0.3 is 42.7 Å². The van der Waals surface area contributed by atoms with Gasteiger partial charge in [0.2, 0.25) is 17.7 Å². The largest absolute Gasteiger partial charge is 0.481 e. The monoisotopic (exact) mass is 461 g/mol. The summed E-state index contributed by atoms with van der Waals surface area (Å²) in [6.45, 7) is 4.99. The van der Waals surface area contributed by atoms with Gasteiger partial charge in [-0.15, -0.1) is 0 Å². The number of carboxylic acids is 2. The zero-order valence-corrected chi connectivity index (χ0v) is 18.5. The fraction of sp³-hybridized carbons (Fsp3) is 0.737. The van der Waals surface area contributed by atoms with E-state index in [-0.39, 0.29) is 12.3 Å². The second-order valence-electron chi connectivity index (χ2n) is 7.84. The third kappa shape index (κ3) is 10.5. The van der Waals surface area contributed by atoms with Crippen LogP contribution in [0.2, 0.25) is 0 Å². The van der Waals surface area contributed by atoms with E-state index in [1.54, 1.807) is 13.8 Å². The molecule has 5 unspecified atom stereocenters. The second kappa shape index (κ2) is 14.3. The molecule has 0 aromatic heterocycles. The van der Waals surface area contributed by atoms with Gasteiger partial charge in [-0.25, -0.2) is 4.79 Å². The molecule has 0 spiro atoms. The molecule has 0 saturated carbocycles. The van der Waals surface area contributed by atoms with Crippen molar-refractivity contribution in [1.29, 1.82) is 0 Å². The predicted octanol–water partition coefficient (Wildman–Crippen LogP) is -2.51. The summed E-state index contributed by atoms with van der Waals surface area (Å²) in [4.78, 5) is 59.6. The Balaban J connectivity index is 5.47. The van der Waals surface area contributed by atoms with Gasteiger partial charge in [0.15, 0.2) is 0 Å². The Labute approximate surface area is 186 Å². The summed E-state index contributed by atoms with van der Waals surface area (Å²) < 4.78 is 0. The fourth-order valence-electron chi connectivity index (χ4n) is 2.63.